The maximum absolute atomic E-state index is 15.1. The number of sulfonamides is 1. The van der Waals surface area contributed by atoms with Crippen LogP contribution in [0, 0.1) is 17.6 Å². The van der Waals surface area contributed by atoms with Gasteiger partial charge in [-0.05, 0) is 61.4 Å². The van der Waals surface area contributed by atoms with Gasteiger partial charge in [-0.3, -0.25) is 4.79 Å². The van der Waals surface area contributed by atoms with Crippen molar-refractivity contribution in [1.29, 1.82) is 0 Å². The Morgan fingerprint density at radius 3 is 2.60 bits per heavy atom. The summed E-state index contributed by atoms with van der Waals surface area (Å²) in [5, 5.41) is 6.23. The van der Waals surface area contributed by atoms with E-state index in [4.69, 9.17) is 10.5 Å². The number of benzene rings is 2. The summed E-state index contributed by atoms with van der Waals surface area (Å²) >= 11 is 0. The Bertz CT molecular complexity index is 1280. The monoisotopic (exact) mass is 578 g/mol. The first kappa shape index (κ1) is 30.5. The number of hydrogen-bond donors (Lipinski definition) is 3. The summed E-state index contributed by atoms with van der Waals surface area (Å²) in [6.07, 6.45) is 1.62. The molecule has 2 aromatic carbocycles. The normalized spacial score (nSPS) is 24.6. The van der Waals surface area contributed by atoms with Crippen LogP contribution in [0.5, 0.6) is 0 Å². The minimum Gasteiger partial charge on any atom is -0.380 e. The number of nitrogens with one attached hydrogen (secondary N) is 2. The highest BCUT2D eigenvalue weighted by Crippen LogP contribution is 2.31. The van der Waals surface area contributed by atoms with Crippen molar-refractivity contribution >= 4 is 21.6 Å². The molecule has 2 fully saturated rings. The number of anilines is 1. The molecule has 2 bridgehead atoms. The number of carbonyl (C=O) groups excluding carboxylic acids is 1. The van der Waals surface area contributed by atoms with E-state index in [2.05, 4.69) is 10.6 Å². The van der Waals surface area contributed by atoms with Gasteiger partial charge in [0.2, 0.25) is 15.9 Å². The molecule has 2 unspecified atom stereocenters. The fourth-order valence-corrected chi connectivity index (χ4v) is 7.79. The van der Waals surface area contributed by atoms with E-state index in [1.807, 2.05) is 13.8 Å². The van der Waals surface area contributed by atoms with Crippen molar-refractivity contribution in [3.63, 3.8) is 0 Å². The second-order valence-electron chi connectivity index (χ2n) is 11.1. The van der Waals surface area contributed by atoms with Crippen LogP contribution in [0.25, 0.3) is 0 Å². The second kappa shape index (κ2) is 13.0. The summed E-state index contributed by atoms with van der Waals surface area (Å²) in [7, 11) is -1.83. The number of amides is 1. The van der Waals surface area contributed by atoms with Crippen molar-refractivity contribution in [2.24, 2.45) is 11.7 Å². The topological polar surface area (TPSA) is 114 Å². The number of ether oxygens (including phenoxy) is 1. The molecule has 2 heterocycles. The molecule has 40 heavy (non-hydrogen) atoms. The standard InChI is InChI=1S/C29H40F2N4O4S/c1-18(2)28(39-3)26(19-9-11-20(30)12-10-19)27(32)29(36)34-25-8-4-7-24(31)23(25)14-13-22-16-33-21-6-5-15-40(37,38)35(22)17-21/h4,7-12,18,21-22,26-28,33H,5-6,13-17,32H2,1-3H3,(H,34,36)/t21-,22?,26-,27+,28-/m1/s1. The SMILES string of the molecule is CO[C@H](C(C)C)[C@H](c1ccc(F)cc1)[C@H](N)C(=O)Nc1cccc(F)c1CCC1CN[C@@H]2CCCS(=O)(=O)N1C2. The number of nitrogens with zero attached hydrogens (tertiary/aromatic N) is 1. The van der Waals surface area contributed by atoms with E-state index in [1.54, 1.807) is 29.6 Å². The van der Waals surface area contributed by atoms with Crippen molar-refractivity contribution in [1.82, 2.24) is 9.62 Å². The van der Waals surface area contributed by atoms with E-state index in [-0.39, 0.29) is 35.9 Å². The van der Waals surface area contributed by atoms with E-state index >= 15 is 4.39 Å². The van der Waals surface area contributed by atoms with Crippen LogP contribution in [0.2, 0.25) is 0 Å². The van der Waals surface area contributed by atoms with Crippen LogP contribution in [0.4, 0.5) is 14.5 Å². The quantitative estimate of drug-likeness (QED) is 0.399. The molecule has 2 aromatic rings. The third kappa shape index (κ3) is 6.88. The fraction of sp³-hybridized carbons (Fsp3) is 0.552. The predicted molar refractivity (Wildman–Crippen MR) is 151 cm³/mol. The predicted octanol–water partition coefficient (Wildman–Crippen LogP) is 3.38. The van der Waals surface area contributed by atoms with E-state index in [9.17, 15) is 17.6 Å². The zero-order valence-electron chi connectivity index (χ0n) is 23.3. The van der Waals surface area contributed by atoms with Gasteiger partial charge in [0.1, 0.15) is 11.6 Å². The maximum Gasteiger partial charge on any atom is 0.242 e. The van der Waals surface area contributed by atoms with Gasteiger partial charge in [0.05, 0.1) is 17.9 Å². The number of fused-ring (bicyclic) bond motifs is 2. The lowest BCUT2D eigenvalue weighted by Gasteiger charge is -2.37. The van der Waals surface area contributed by atoms with Gasteiger partial charge >= 0.3 is 0 Å². The van der Waals surface area contributed by atoms with Gasteiger partial charge in [-0.15, -0.1) is 0 Å². The summed E-state index contributed by atoms with van der Waals surface area (Å²) in [6, 6.07) is 9.02. The van der Waals surface area contributed by atoms with Crippen molar-refractivity contribution in [3.8, 4) is 0 Å². The number of hydrogen-bond acceptors (Lipinski definition) is 6. The van der Waals surface area contributed by atoms with E-state index in [0.29, 0.717) is 37.1 Å². The Labute approximate surface area is 235 Å². The Morgan fingerprint density at radius 2 is 1.93 bits per heavy atom. The largest absolute Gasteiger partial charge is 0.380 e. The van der Waals surface area contributed by atoms with Crippen LogP contribution in [0.3, 0.4) is 0 Å². The van der Waals surface area contributed by atoms with Gasteiger partial charge in [-0.25, -0.2) is 17.2 Å². The summed E-state index contributed by atoms with van der Waals surface area (Å²) in [6.45, 7) is 4.82. The molecule has 0 radical (unpaired) electrons. The molecule has 2 aliphatic rings. The Balaban J connectivity index is 1.53. The lowest BCUT2D eigenvalue weighted by molar-refractivity contribution is -0.119. The molecule has 1 amide bonds. The summed E-state index contributed by atoms with van der Waals surface area (Å²) in [5.74, 6) is -1.88. The molecule has 6 atom stereocenters. The average Bonchev–Trinajstić information content (AvgIpc) is 3.03. The highest BCUT2D eigenvalue weighted by molar-refractivity contribution is 7.89. The summed E-state index contributed by atoms with van der Waals surface area (Å²) in [4.78, 5) is 13.5. The third-order valence-corrected chi connectivity index (χ3v) is 10.1. The van der Waals surface area contributed by atoms with Crippen LogP contribution < -0.4 is 16.4 Å². The molecule has 0 aliphatic carbocycles. The Kier molecular flexibility index (Phi) is 9.94. The van der Waals surface area contributed by atoms with E-state index in [0.717, 1.165) is 6.42 Å². The number of carbonyl (C=O) groups is 1. The molecule has 2 aliphatic heterocycles. The van der Waals surface area contributed by atoms with Gasteiger partial charge < -0.3 is 21.1 Å². The number of nitrogens with two attached hydrogens (primary N) is 1. The van der Waals surface area contributed by atoms with Crippen molar-refractivity contribution in [3.05, 3.63) is 65.2 Å². The third-order valence-electron chi connectivity index (χ3n) is 8.09. The highest BCUT2D eigenvalue weighted by atomic mass is 32.2. The number of rotatable bonds is 10. The zero-order valence-corrected chi connectivity index (χ0v) is 24.1. The lowest BCUT2D eigenvalue weighted by Crippen LogP contribution is -2.57. The average molecular weight is 579 g/mol. The number of piperazine rings is 1. The van der Waals surface area contributed by atoms with Gasteiger partial charge in [0, 0.05) is 49.5 Å². The smallest absolute Gasteiger partial charge is 0.242 e. The maximum atomic E-state index is 15.1. The van der Waals surface area contributed by atoms with Gasteiger partial charge in [0.15, 0.2) is 0 Å². The van der Waals surface area contributed by atoms with Crippen LogP contribution in [0.1, 0.15) is 50.2 Å². The van der Waals surface area contributed by atoms with E-state index in [1.165, 1.54) is 24.3 Å². The lowest BCUT2D eigenvalue weighted by atomic mass is 9.81. The second-order valence-corrected chi connectivity index (χ2v) is 13.2. The molecule has 0 spiro atoms. The van der Waals surface area contributed by atoms with Crippen molar-refractivity contribution < 1.29 is 26.7 Å². The molecule has 0 saturated carbocycles. The summed E-state index contributed by atoms with van der Waals surface area (Å²) in [5.41, 5.74) is 7.75. The molecular weight excluding hydrogens is 538 g/mol. The van der Waals surface area contributed by atoms with E-state index < -0.39 is 45.6 Å². The van der Waals surface area contributed by atoms with Gasteiger partial charge in [-0.1, -0.05) is 32.0 Å². The van der Waals surface area contributed by atoms with Gasteiger partial charge in [0.25, 0.3) is 0 Å². The van der Waals surface area contributed by atoms with Crippen molar-refractivity contribution in [2.45, 2.75) is 69.7 Å². The first-order valence-corrected chi connectivity index (χ1v) is 15.5. The molecule has 4 N–H and O–H groups in total. The Hall–Kier alpha value is -2.44. The zero-order chi connectivity index (χ0) is 29.0. The van der Waals surface area contributed by atoms with Crippen molar-refractivity contribution in [2.75, 3.05) is 31.3 Å². The molecule has 8 nitrogen and oxygen atoms in total. The highest BCUT2D eigenvalue weighted by Gasteiger charge is 2.38. The number of methoxy groups -OCH3 is 1. The molecular formula is C29H40F2N4O4S. The molecule has 4 rings (SSSR count). The van der Waals surface area contributed by atoms with Crippen LogP contribution in [-0.4, -0.2) is 68.8 Å². The first-order chi connectivity index (χ1) is 19.0. The summed E-state index contributed by atoms with van der Waals surface area (Å²) < 4.78 is 61.7. The van der Waals surface area contributed by atoms with Crippen LogP contribution in [0.15, 0.2) is 42.5 Å². The number of halogens is 2. The minimum atomic E-state index is -3.37. The van der Waals surface area contributed by atoms with Crippen LogP contribution >= 0.6 is 0 Å². The first-order valence-electron chi connectivity index (χ1n) is 13.9. The molecule has 2 saturated heterocycles. The van der Waals surface area contributed by atoms with Crippen LogP contribution in [-0.2, 0) is 26.0 Å². The molecule has 220 valence electrons. The van der Waals surface area contributed by atoms with Gasteiger partial charge in [-0.2, -0.15) is 4.31 Å². The molecule has 11 heteroatoms. The Morgan fingerprint density at radius 1 is 1.20 bits per heavy atom. The minimum absolute atomic E-state index is 0.00241. The molecule has 0 aromatic heterocycles. The fourth-order valence-electron chi connectivity index (χ4n) is 5.98.